The van der Waals surface area contributed by atoms with Gasteiger partial charge in [-0.1, -0.05) is 40.3 Å². The number of aromatic nitrogens is 2. The smallest absolute Gasteiger partial charge is 0.351 e. The summed E-state index contributed by atoms with van der Waals surface area (Å²) in [5, 5.41) is 9.95. The number of carbonyl (C=O) groups is 1. The van der Waals surface area contributed by atoms with Gasteiger partial charge in [0.05, 0.1) is 12.5 Å². The van der Waals surface area contributed by atoms with E-state index in [9.17, 15) is 14.7 Å². The third-order valence-electron chi connectivity index (χ3n) is 4.66. The lowest BCUT2D eigenvalue weighted by Crippen LogP contribution is -2.52. The Bertz CT molecular complexity index is 844. The molecule has 0 radical (unpaired) electrons. The second-order valence-electron chi connectivity index (χ2n) is 7.76. The van der Waals surface area contributed by atoms with Gasteiger partial charge < -0.3 is 25.1 Å². The molecule has 1 unspecified atom stereocenters. The quantitative estimate of drug-likeness (QED) is 0.360. The molecule has 2 rings (SSSR count). The zero-order valence-electron chi connectivity index (χ0n) is 17.2. The number of ether oxygens (including phenoxy) is 3. The maximum Gasteiger partial charge on any atom is 0.351 e. The minimum Gasteiger partial charge on any atom is -0.452 e. The number of aliphatic hydroxyl groups is 1. The fourth-order valence-corrected chi connectivity index (χ4v) is 2.81. The Balaban J connectivity index is 2.52. The van der Waals surface area contributed by atoms with Crippen LogP contribution in [0.4, 0.5) is 14.6 Å². The van der Waals surface area contributed by atoms with Crippen LogP contribution in [-0.4, -0.2) is 51.2 Å². The fraction of sp³-hybridized carbons (Fsp3) is 0.632. The summed E-state index contributed by atoms with van der Waals surface area (Å²) in [7, 11) is 0. The van der Waals surface area contributed by atoms with Gasteiger partial charge >= 0.3 is 17.6 Å². The Labute approximate surface area is 172 Å². The van der Waals surface area contributed by atoms with Crippen molar-refractivity contribution < 1.29 is 32.9 Å². The van der Waals surface area contributed by atoms with Gasteiger partial charge in [-0.05, 0) is 6.07 Å². The highest BCUT2D eigenvalue weighted by molar-refractivity contribution is 5.72. The van der Waals surface area contributed by atoms with Gasteiger partial charge in [0, 0.05) is 12.1 Å². The van der Waals surface area contributed by atoms with E-state index in [2.05, 4.69) is 11.6 Å². The van der Waals surface area contributed by atoms with Crippen LogP contribution < -0.4 is 11.4 Å². The maximum absolute atomic E-state index is 15.4. The Kier molecular flexibility index (Phi) is 7.00. The van der Waals surface area contributed by atoms with Crippen LogP contribution in [0.1, 0.15) is 33.9 Å². The Morgan fingerprint density at radius 2 is 2.10 bits per heavy atom. The molecule has 1 fully saturated rings. The summed E-state index contributed by atoms with van der Waals surface area (Å²) >= 11 is 0. The molecule has 1 aliphatic heterocycles. The molecule has 4 atom stereocenters. The summed E-state index contributed by atoms with van der Waals surface area (Å²) in [5.41, 5.74) is 2.30. The number of halogens is 2. The van der Waals surface area contributed by atoms with Crippen LogP contribution in [0.25, 0.3) is 0 Å². The number of anilines is 1. The maximum atomic E-state index is 15.4. The van der Waals surface area contributed by atoms with Crippen molar-refractivity contribution in [1.29, 1.82) is 0 Å². The monoisotopic (exact) mass is 431 g/mol. The van der Waals surface area contributed by atoms with Crippen LogP contribution in [0.15, 0.2) is 29.7 Å². The van der Waals surface area contributed by atoms with Crippen molar-refractivity contribution in [2.24, 2.45) is 11.8 Å². The molecule has 30 heavy (non-hydrogen) atoms. The molecule has 2 heterocycles. The van der Waals surface area contributed by atoms with Gasteiger partial charge in [0.1, 0.15) is 5.82 Å². The molecule has 9 nitrogen and oxygen atoms in total. The minimum absolute atomic E-state index is 0.154. The van der Waals surface area contributed by atoms with Crippen molar-refractivity contribution in [3.05, 3.63) is 35.4 Å². The number of nitrogens with zero attached hydrogens (tertiary/aromatic N) is 2. The molecule has 1 aliphatic rings. The van der Waals surface area contributed by atoms with Crippen molar-refractivity contribution in [1.82, 2.24) is 9.55 Å². The van der Waals surface area contributed by atoms with Gasteiger partial charge in [0.2, 0.25) is 12.3 Å². The first kappa shape index (κ1) is 23.9. The highest BCUT2D eigenvalue weighted by Crippen LogP contribution is 2.50. The lowest BCUT2D eigenvalue weighted by molar-refractivity contribution is -0.195. The topological polar surface area (TPSA) is 126 Å². The van der Waals surface area contributed by atoms with Crippen LogP contribution in [0, 0.1) is 11.8 Å². The number of esters is 1. The van der Waals surface area contributed by atoms with Gasteiger partial charge in [-0.15, -0.1) is 0 Å². The van der Waals surface area contributed by atoms with E-state index in [0.29, 0.717) is 4.57 Å². The Morgan fingerprint density at radius 1 is 1.47 bits per heavy atom. The number of hydrogen-bond acceptors (Lipinski definition) is 8. The fourth-order valence-electron chi connectivity index (χ4n) is 2.81. The largest absolute Gasteiger partial charge is 0.452 e. The first-order valence-corrected chi connectivity index (χ1v) is 9.39. The van der Waals surface area contributed by atoms with Crippen molar-refractivity contribution in [2.45, 2.75) is 57.8 Å². The second kappa shape index (κ2) is 8.78. The van der Waals surface area contributed by atoms with E-state index in [1.54, 1.807) is 13.8 Å². The van der Waals surface area contributed by atoms with Crippen molar-refractivity contribution in [3.63, 3.8) is 0 Å². The van der Waals surface area contributed by atoms with Crippen molar-refractivity contribution in [2.75, 3.05) is 12.3 Å². The van der Waals surface area contributed by atoms with E-state index in [-0.39, 0.29) is 11.7 Å². The summed E-state index contributed by atoms with van der Waals surface area (Å²) in [6.45, 7) is 9.22. The van der Waals surface area contributed by atoms with Gasteiger partial charge in [-0.3, -0.25) is 9.36 Å². The predicted octanol–water partition coefficient (Wildman–Crippen LogP) is 1.47. The standard InChI is InChI=1S/C19H27F2N3O6/c1-6-18(9-28-13(25)10(2)3)15(29-14(26)11(4)5)19(20,21)16(30-18)24-8-7-12(22)23-17(24)27/h6-8,10-11,13,15-16,25H,1,9H2,2-5H3,(H2,22,23,27)/t13?,15-,16-,18-/m1/s1. The van der Waals surface area contributed by atoms with Gasteiger partial charge in [0.25, 0.3) is 0 Å². The molecule has 11 heteroatoms. The number of alkyl halides is 2. The highest BCUT2D eigenvalue weighted by atomic mass is 19.3. The SMILES string of the molecule is C=C[C@]1(COC(O)C(C)C)O[C@@H](n2ccc(N)nc2=O)C(F)(F)[C@@H]1OC(=O)C(C)C. The predicted molar refractivity (Wildman–Crippen MR) is 102 cm³/mol. The van der Waals surface area contributed by atoms with Crippen LogP contribution in [0.5, 0.6) is 0 Å². The molecular weight excluding hydrogens is 404 g/mol. The molecule has 168 valence electrons. The zero-order chi connectivity index (χ0) is 22.9. The molecule has 0 spiro atoms. The highest BCUT2D eigenvalue weighted by Gasteiger charge is 2.69. The lowest BCUT2D eigenvalue weighted by Gasteiger charge is -2.32. The second-order valence-corrected chi connectivity index (χ2v) is 7.76. The molecule has 0 saturated carbocycles. The Hall–Kier alpha value is -2.37. The third-order valence-corrected chi connectivity index (χ3v) is 4.66. The molecule has 1 aromatic heterocycles. The van der Waals surface area contributed by atoms with E-state index >= 15 is 8.78 Å². The summed E-state index contributed by atoms with van der Waals surface area (Å²) in [5.74, 6) is -5.97. The minimum atomic E-state index is -3.87. The number of aliphatic hydroxyl groups excluding tert-OH is 1. The van der Waals surface area contributed by atoms with Crippen molar-refractivity contribution in [3.8, 4) is 0 Å². The van der Waals surface area contributed by atoms with E-state index in [4.69, 9.17) is 19.9 Å². The summed E-state index contributed by atoms with van der Waals surface area (Å²) in [6.07, 6.45) is -3.62. The van der Waals surface area contributed by atoms with Gasteiger partial charge in [0.15, 0.2) is 11.9 Å². The number of nitrogens with two attached hydrogens (primary N) is 1. The van der Waals surface area contributed by atoms with Crippen LogP contribution >= 0.6 is 0 Å². The number of carbonyl (C=O) groups excluding carboxylic acids is 1. The molecule has 3 N–H and O–H groups in total. The zero-order valence-corrected chi connectivity index (χ0v) is 17.2. The molecule has 0 aromatic carbocycles. The number of hydrogen-bond donors (Lipinski definition) is 2. The van der Waals surface area contributed by atoms with Gasteiger partial charge in [-0.2, -0.15) is 13.8 Å². The lowest BCUT2D eigenvalue weighted by atomic mass is 9.94. The molecule has 0 bridgehead atoms. The number of rotatable bonds is 8. The summed E-state index contributed by atoms with van der Waals surface area (Å²) in [6, 6.07) is 1.16. The first-order valence-electron chi connectivity index (χ1n) is 9.39. The third kappa shape index (κ3) is 4.52. The normalized spacial score (nSPS) is 26.7. The number of nitrogen functional groups attached to an aromatic ring is 1. The summed E-state index contributed by atoms with van der Waals surface area (Å²) in [4.78, 5) is 27.8. The van der Waals surface area contributed by atoms with Crippen LogP contribution in [0.3, 0.4) is 0 Å². The average Bonchev–Trinajstić information content (AvgIpc) is 2.87. The van der Waals surface area contributed by atoms with Crippen LogP contribution in [-0.2, 0) is 19.0 Å². The van der Waals surface area contributed by atoms with Crippen molar-refractivity contribution >= 4 is 11.8 Å². The molecule has 0 amide bonds. The van der Waals surface area contributed by atoms with Crippen LogP contribution in [0.2, 0.25) is 0 Å². The van der Waals surface area contributed by atoms with E-state index < -0.39 is 54.3 Å². The molecule has 1 aromatic rings. The van der Waals surface area contributed by atoms with E-state index in [1.165, 1.54) is 13.8 Å². The average molecular weight is 431 g/mol. The van der Waals surface area contributed by atoms with E-state index in [0.717, 1.165) is 18.3 Å². The summed E-state index contributed by atoms with van der Waals surface area (Å²) < 4.78 is 47.4. The first-order chi connectivity index (χ1) is 13.9. The van der Waals surface area contributed by atoms with Gasteiger partial charge in [-0.25, -0.2) is 4.79 Å². The van der Waals surface area contributed by atoms with E-state index in [1.807, 2.05) is 0 Å². The Morgan fingerprint density at radius 3 is 2.60 bits per heavy atom. The molecule has 0 aliphatic carbocycles. The molecule has 1 saturated heterocycles. The molecular formula is C19H27F2N3O6.